The van der Waals surface area contributed by atoms with Crippen molar-refractivity contribution in [3.8, 4) is 11.4 Å². The average molecular weight is 245 g/mol. The number of hydrogen-bond donors (Lipinski definition) is 0. The van der Waals surface area contributed by atoms with Gasteiger partial charge >= 0.3 is 0 Å². The number of benzene rings is 1. The summed E-state index contributed by atoms with van der Waals surface area (Å²) in [7, 11) is 0. The first-order valence-electron chi connectivity index (χ1n) is 6.05. The van der Waals surface area contributed by atoms with E-state index in [1.165, 1.54) is 0 Å². The zero-order chi connectivity index (χ0) is 12.2. The van der Waals surface area contributed by atoms with Gasteiger partial charge in [-0.3, -0.25) is 4.90 Å². The van der Waals surface area contributed by atoms with Gasteiger partial charge in [-0.05, 0) is 5.21 Å². The van der Waals surface area contributed by atoms with Gasteiger partial charge in [0.15, 0.2) is 0 Å². The van der Waals surface area contributed by atoms with Gasteiger partial charge in [-0.2, -0.15) is 0 Å². The highest BCUT2D eigenvalue weighted by molar-refractivity contribution is 5.52. The zero-order valence-electron chi connectivity index (χ0n) is 10.1. The molecule has 0 radical (unpaired) electrons. The first kappa shape index (κ1) is 11.3. The van der Waals surface area contributed by atoms with Crippen LogP contribution in [0.25, 0.3) is 11.4 Å². The van der Waals surface area contributed by atoms with Crippen molar-refractivity contribution in [3.63, 3.8) is 0 Å². The van der Waals surface area contributed by atoms with E-state index < -0.39 is 0 Å². The second-order valence-corrected chi connectivity index (χ2v) is 4.22. The summed E-state index contributed by atoms with van der Waals surface area (Å²) in [5, 5.41) is 12.5. The molecule has 0 N–H and O–H groups in total. The molecule has 0 amide bonds. The number of rotatable bonds is 3. The maximum Gasteiger partial charge on any atom is 0.204 e. The molecular formula is C12H15N5O. The van der Waals surface area contributed by atoms with Crippen LogP contribution in [0.3, 0.4) is 0 Å². The van der Waals surface area contributed by atoms with E-state index in [1.54, 1.807) is 4.80 Å². The number of aromatic nitrogens is 4. The van der Waals surface area contributed by atoms with E-state index in [9.17, 15) is 0 Å². The zero-order valence-corrected chi connectivity index (χ0v) is 10.1. The van der Waals surface area contributed by atoms with Gasteiger partial charge < -0.3 is 4.74 Å². The van der Waals surface area contributed by atoms with Gasteiger partial charge in [-0.15, -0.1) is 15.0 Å². The molecule has 0 bridgehead atoms. The molecule has 0 saturated carbocycles. The maximum absolute atomic E-state index is 5.30. The largest absolute Gasteiger partial charge is 0.379 e. The predicted molar refractivity (Wildman–Crippen MR) is 65.6 cm³/mol. The first-order chi connectivity index (χ1) is 8.92. The fourth-order valence-electron chi connectivity index (χ4n) is 1.93. The van der Waals surface area contributed by atoms with Crippen LogP contribution in [0.1, 0.15) is 0 Å². The molecule has 3 rings (SSSR count). The van der Waals surface area contributed by atoms with Gasteiger partial charge in [0.1, 0.15) is 6.67 Å². The van der Waals surface area contributed by atoms with Crippen LogP contribution in [-0.4, -0.2) is 51.4 Å². The smallest absolute Gasteiger partial charge is 0.204 e. The van der Waals surface area contributed by atoms with E-state index in [0.717, 1.165) is 31.9 Å². The molecule has 0 aliphatic carbocycles. The number of ether oxygens (including phenoxy) is 1. The Morgan fingerprint density at radius 2 is 1.89 bits per heavy atom. The van der Waals surface area contributed by atoms with Gasteiger partial charge in [-0.1, -0.05) is 30.3 Å². The van der Waals surface area contributed by atoms with E-state index in [1.807, 2.05) is 30.3 Å². The minimum Gasteiger partial charge on any atom is -0.379 e. The second-order valence-electron chi connectivity index (χ2n) is 4.22. The molecule has 0 spiro atoms. The summed E-state index contributed by atoms with van der Waals surface area (Å²) in [6.45, 7) is 4.06. The molecule has 0 unspecified atom stereocenters. The Labute approximate surface area is 105 Å². The summed E-state index contributed by atoms with van der Waals surface area (Å²) >= 11 is 0. The van der Waals surface area contributed by atoms with Crippen LogP contribution in [0.15, 0.2) is 30.3 Å². The average Bonchev–Trinajstić information content (AvgIpc) is 2.89. The Balaban J connectivity index is 1.69. The molecule has 1 aromatic carbocycles. The molecule has 2 heterocycles. The Hall–Kier alpha value is -1.79. The highest BCUT2D eigenvalue weighted by Gasteiger charge is 2.12. The summed E-state index contributed by atoms with van der Waals surface area (Å²) in [5.41, 5.74) is 0.991. The third kappa shape index (κ3) is 2.55. The normalized spacial score (nSPS) is 16.9. The van der Waals surface area contributed by atoms with E-state index in [-0.39, 0.29) is 0 Å². The van der Waals surface area contributed by atoms with Gasteiger partial charge in [0.25, 0.3) is 0 Å². The molecule has 6 heteroatoms. The van der Waals surface area contributed by atoms with Crippen molar-refractivity contribution in [2.45, 2.75) is 6.67 Å². The third-order valence-corrected chi connectivity index (χ3v) is 2.92. The fraction of sp³-hybridized carbons (Fsp3) is 0.417. The van der Waals surface area contributed by atoms with E-state index in [0.29, 0.717) is 12.5 Å². The topological polar surface area (TPSA) is 56.1 Å². The van der Waals surface area contributed by atoms with Crippen LogP contribution in [-0.2, 0) is 11.4 Å². The number of hydrogen-bond acceptors (Lipinski definition) is 5. The molecule has 1 aliphatic rings. The van der Waals surface area contributed by atoms with Gasteiger partial charge in [0.2, 0.25) is 5.82 Å². The van der Waals surface area contributed by atoms with Crippen LogP contribution in [0, 0.1) is 0 Å². The Morgan fingerprint density at radius 1 is 1.11 bits per heavy atom. The Kier molecular flexibility index (Phi) is 3.29. The predicted octanol–water partition coefficient (Wildman–Crippen LogP) is 0.630. The highest BCUT2D eigenvalue weighted by atomic mass is 16.5. The second kappa shape index (κ2) is 5.24. The van der Waals surface area contributed by atoms with Crippen LogP contribution in [0.4, 0.5) is 0 Å². The molecule has 18 heavy (non-hydrogen) atoms. The quantitative estimate of drug-likeness (QED) is 0.794. The van der Waals surface area contributed by atoms with Crippen molar-refractivity contribution in [2.24, 2.45) is 0 Å². The van der Waals surface area contributed by atoms with Crippen molar-refractivity contribution in [3.05, 3.63) is 30.3 Å². The van der Waals surface area contributed by atoms with Crippen LogP contribution in [0.2, 0.25) is 0 Å². The van der Waals surface area contributed by atoms with Gasteiger partial charge in [0.05, 0.1) is 13.2 Å². The fourth-order valence-corrected chi connectivity index (χ4v) is 1.93. The lowest BCUT2D eigenvalue weighted by molar-refractivity contribution is 0.0184. The van der Waals surface area contributed by atoms with Gasteiger partial charge in [0, 0.05) is 18.7 Å². The minimum absolute atomic E-state index is 0.670. The molecule has 94 valence electrons. The summed E-state index contributed by atoms with van der Waals surface area (Å²) in [4.78, 5) is 3.88. The van der Waals surface area contributed by atoms with Crippen molar-refractivity contribution in [1.29, 1.82) is 0 Å². The third-order valence-electron chi connectivity index (χ3n) is 2.92. The molecule has 1 fully saturated rings. The lowest BCUT2D eigenvalue weighted by Gasteiger charge is -2.25. The SMILES string of the molecule is c1ccc(-c2nnn(CN3CCOCC3)n2)cc1. The lowest BCUT2D eigenvalue weighted by Crippen LogP contribution is -2.38. The van der Waals surface area contributed by atoms with Crippen LogP contribution in [0.5, 0.6) is 0 Å². The molecule has 1 saturated heterocycles. The highest BCUT2D eigenvalue weighted by Crippen LogP contribution is 2.11. The standard InChI is InChI=1S/C12H15N5O/c1-2-4-11(5-3-1)12-13-15-17(14-12)10-16-6-8-18-9-7-16/h1-5H,6-10H2. The monoisotopic (exact) mass is 245 g/mol. The molecule has 1 aromatic heterocycles. The lowest BCUT2D eigenvalue weighted by atomic mass is 10.2. The number of morpholine rings is 1. The van der Waals surface area contributed by atoms with Crippen LogP contribution < -0.4 is 0 Å². The molecule has 6 nitrogen and oxygen atoms in total. The van der Waals surface area contributed by atoms with Crippen molar-refractivity contribution in [1.82, 2.24) is 25.1 Å². The summed E-state index contributed by atoms with van der Waals surface area (Å²) in [6.07, 6.45) is 0. The maximum atomic E-state index is 5.30. The van der Waals surface area contributed by atoms with E-state index in [2.05, 4.69) is 20.3 Å². The van der Waals surface area contributed by atoms with Crippen molar-refractivity contribution in [2.75, 3.05) is 26.3 Å². The van der Waals surface area contributed by atoms with Gasteiger partial charge in [-0.25, -0.2) is 0 Å². The molecular weight excluding hydrogens is 230 g/mol. The molecule has 0 atom stereocenters. The van der Waals surface area contributed by atoms with Crippen LogP contribution >= 0.6 is 0 Å². The van der Waals surface area contributed by atoms with Crippen molar-refractivity contribution >= 4 is 0 Å². The Bertz CT molecular complexity index is 492. The van der Waals surface area contributed by atoms with Crippen molar-refractivity contribution < 1.29 is 4.74 Å². The molecule has 2 aromatic rings. The summed E-state index contributed by atoms with van der Waals surface area (Å²) in [6, 6.07) is 9.88. The Morgan fingerprint density at radius 3 is 2.67 bits per heavy atom. The molecule has 1 aliphatic heterocycles. The number of nitrogens with zero attached hydrogens (tertiary/aromatic N) is 5. The van der Waals surface area contributed by atoms with E-state index in [4.69, 9.17) is 4.74 Å². The minimum atomic E-state index is 0.670. The first-order valence-corrected chi connectivity index (χ1v) is 6.05. The summed E-state index contributed by atoms with van der Waals surface area (Å²) in [5.74, 6) is 0.670. The van der Waals surface area contributed by atoms with E-state index >= 15 is 0 Å². The summed E-state index contributed by atoms with van der Waals surface area (Å²) < 4.78 is 5.30. The number of tetrazole rings is 1.